The van der Waals surface area contributed by atoms with Gasteiger partial charge < -0.3 is 10.1 Å². The van der Waals surface area contributed by atoms with Gasteiger partial charge in [-0.3, -0.25) is 4.79 Å². The SMILES string of the molecule is Cc1ccc(S(=O)(=O)N2CC(F)C[C@H]2C(=O)N[C@@H](Cc2ccccc2)C(=O)OCc2ccccc2)cc1. The number of benzene rings is 3. The van der Waals surface area contributed by atoms with Crippen LogP contribution < -0.4 is 5.32 Å². The molecule has 0 radical (unpaired) electrons. The lowest BCUT2D eigenvalue weighted by molar-refractivity contribution is -0.149. The van der Waals surface area contributed by atoms with Gasteiger partial charge in [-0.05, 0) is 30.2 Å². The van der Waals surface area contributed by atoms with E-state index < -0.39 is 46.7 Å². The number of esters is 1. The van der Waals surface area contributed by atoms with Gasteiger partial charge in [0.2, 0.25) is 15.9 Å². The summed E-state index contributed by atoms with van der Waals surface area (Å²) in [4.78, 5) is 26.3. The molecule has 194 valence electrons. The first-order chi connectivity index (χ1) is 17.7. The quantitative estimate of drug-likeness (QED) is 0.432. The predicted molar refractivity (Wildman–Crippen MR) is 137 cm³/mol. The third-order valence-electron chi connectivity index (χ3n) is 6.24. The molecule has 1 saturated heterocycles. The molecule has 3 aromatic carbocycles. The summed E-state index contributed by atoms with van der Waals surface area (Å²) in [7, 11) is -4.13. The van der Waals surface area contributed by atoms with Crippen LogP contribution in [0.15, 0.2) is 89.8 Å². The molecular formula is C28H29FN2O5S. The Bertz CT molecular complexity index is 1320. The molecule has 3 aromatic rings. The summed E-state index contributed by atoms with van der Waals surface area (Å²) in [6.45, 7) is 1.41. The van der Waals surface area contributed by atoms with Gasteiger partial charge in [-0.15, -0.1) is 0 Å². The highest BCUT2D eigenvalue weighted by atomic mass is 32.2. The van der Waals surface area contributed by atoms with Crippen LogP contribution >= 0.6 is 0 Å². The van der Waals surface area contributed by atoms with Crippen molar-refractivity contribution in [2.45, 2.75) is 49.5 Å². The number of rotatable bonds is 9. The molecule has 4 rings (SSSR count). The van der Waals surface area contributed by atoms with E-state index in [-0.39, 0.29) is 24.3 Å². The number of sulfonamides is 1. The molecule has 0 saturated carbocycles. The summed E-state index contributed by atoms with van der Waals surface area (Å²) < 4.78 is 47.3. The van der Waals surface area contributed by atoms with Crippen LogP contribution in [0.1, 0.15) is 23.1 Å². The van der Waals surface area contributed by atoms with Gasteiger partial charge in [-0.25, -0.2) is 17.6 Å². The number of carbonyl (C=O) groups is 2. The van der Waals surface area contributed by atoms with E-state index in [1.807, 2.05) is 67.6 Å². The third kappa shape index (κ3) is 6.61. The Balaban J connectivity index is 1.53. The Morgan fingerprint density at radius 1 is 0.973 bits per heavy atom. The molecule has 37 heavy (non-hydrogen) atoms. The van der Waals surface area contributed by atoms with E-state index in [2.05, 4.69) is 5.32 Å². The van der Waals surface area contributed by atoms with Crippen molar-refractivity contribution >= 4 is 21.9 Å². The number of halogens is 1. The number of alkyl halides is 1. The highest BCUT2D eigenvalue weighted by Crippen LogP contribution is 2.28. The highest BCUT2D eigenvalue weighted by Gasteiger charge is 2.45. The van der Waals surface area contributed by atoms with Crippen LogP contribution in [0.4, 0.5) is 4.39 Å². The summed E-state index contributed by atoms with van der Waals surface area (Å²) in [5.74, 6) is -1.41. The maximum absolute atomic E-state index is 14.5. The molecular weight excluding hydrogens is 495 g/mol. The largest absolute Gasteiger partial charge is 0.459 e. The Morgan fingerprint density at radius 2 is 1.57 bits per heavy atom. The topological polar surface area (TPSA) is 92.8 Å². The van der Waals surface area contributed by atoms with Crippen molar-refractivity contribution in [1.82, 2.24) is 9.62 Å². The molecule has 0 spiro atoms. The number of nitrogens with zero attached hydrogens (tertiary/aromatic N) is 1. The van der Waals surface area contributed by atoms with Gasteiger partial charge in [-0.1, -0.05) is 78.4 Å². The van der Waals surface area contributed by atoms with Crippen molar-refractivity contribution < 1.29 is 27.1 Å². The average molecular weight is 525 g/mol. The first kappa shape index (κ1) is 26.5. The standard InChI is InChI=1S/C28H29FN2O5S/c1-20-12-14-24(15-13-20)37(34,35)31-18-23(29)17-26(31)27(32)30-25(16-21-8-4-2-5-9-21)28(33)36-19-22-10-6-3-7-11-22/h2-15,23,25-26H,16-19H2,1H3,(H,30,32)/t23?,25-,26-/m0/s1. The molecule has 7 nitrogen and oxygen atoms in total. The molecule has 1 aliphatic heterocycles. The van der Waals surface area contributed by atoms with Crippen LogP contribution in [0.2, 0.25) is 0 Å². The van der Waals surface area contributed by atoms with Crippen molar-refractivity contribution in [3.8, 4) is 0 Å². The summed E-state index contributed by atoms with van der Waals surface area (Å²) >= 11 is 0. The van der Waals surface area contributed by atoms with Crippen molar-refractivity contribution in [3.05, 3.63) is 102 Å². The first-order valence-corrected chi connectivity index (χ1v) is 13.5. The van der Waals surface area contributed by atoms with Crippen LogP contribution in [-0.2, 0) is 37.4 Å². The second-order valence-electron chi connectivity index (χ2n) is 9.08. The van der Waals surface area contributed by atoms with E-state index in [4.69, 9.17) is 4.74 Å². The number of nitrogens with one attached hydrogen (secondary N) is 1. The smallest absolute Gasteiger partial charge is 0.329 e. The molecule has 9 heteroatoms. The van der Waals surface area contributed by atoms with Crippen molar-refractivity contribution in [3.63, 3.8) is 0 Å². The van der Waals surface area contributed by atoms with Gasteiger partial charge in [-0.2, -0.15) is 4.31 Å². The summed E-state index contributed by atoms with van der Waals surface area (Å²) in [5.41, 5.74) is 2.44. The minimum Gasteiger partial charge on any atom is -0.459 e. The van der Waals surface area contributed by atoms with Crippen LogP contribution in [0.5, 0.6) is 0 Å². The van der Waals surface area contributed by atoms with Crippen LogP contribution in [0, 0.1) is 6.92 Å². The lowest BCUT2D eigenvalue weighted by atomic mass is 10.1. The fraction of sp³-hybridized carbons (Fsp3) is 0.286. The van der Waals surface area contributed by atoms with E-state index in [0.717, 1.165) is 21.0 Å². The van der Waals surface area contributed by atoms with E-state index in [1.54, 1.807) is 12.1 Å². The van der Waals surface area contributed by atoms with Gasteiger partial charge >= 0.3 is 5.97 Å². The minimum absolute atomic E-state index is 0.0186. The molecule has 1 unspecified atom stereocenters. The Hall–Kier alpha value is -3.56. The monoisotopic (exact) mass is 524 g/mol. The van der Waals surface area contributed by atoms with Crippen molar-refractivity contribution in [2.24, 2.45) is 0 Å². The van der Waals surface area contributed by atoms with E-state index in [0.29, 0.717) is 0 Å². The molecule has 1 aliphatic rings. The molecule has 3 atom stereocenters. The van der Waals surface area contributed by atoms with Gasteiger partial charge in [0, 0.05) is 19.4 Å². The lowest BCUT2D eigenvalue weighted by Gasteiger charge is -2.25. The zero-order chi connectivity index (χ0) is 26.4. The second kappa shape index (κ2) is 11.7. The average Bonchev–Trinajstić information content (AvgIpc) is 3.31. The van der Waals surface area contributed by atoms with Gasteiger partial charge in [0.15, 0.2) is 0 Å². The molecule has 0 bridgehead atoms. The fourth-order valence-electron chi connectivity index (χ4n) is 4.25. The Kier molecular flexibility index (Phi) is 8.35. The maximum Gasteiger partial charge on any atom is 0.329 e. The number of hydrogen-bond acceptors (Lipinski definition) is 5. The predicted octanol–water partition coefficient (Wildman–Crippen LogP) is 3.57. The highest BCUT2D eigenvalue weighted by molar-refractivity contribution is 7.89. The number of hydrogen-bond donors (Lipinski definition) is 1. The van der Waals surface area contributed by atoms with E-state index in [1.165, 1.54) is 12.1 Å². The van der Waals surface area contributed by atoms with Crippen LogP contribution in [0.3, 0.4) is 0 Å². The summed E-state index contributed by atoms with van der Waals surface area (Å²) in [5, 5.41) is 2.64. The first-order valence-electron chi connectivity index (χ1n) is 12.0. The second-order valence-corrected chi connectivity index (χ2v) is 11.0. The molecule has 0 aromatic heterocycles. The normalized spacial score (nSPS) is 18.8. The number of amides is 1. The van der Waals surface area contributed by atoms with Crippen molar-refractivity contribution in [2.75, 3.05) is 6.54 Å². The zero-order valence-corrected chi connectivity index (χ0v) is 21.2. The molecule has 1 amide bonds. The van der Waals surface area contributed by atoms with Crippen molar-refractivity contribution in [1.29, 1.82) is 0 Å². The molecule has 0 aliphatic carbocycles. The van der Waals surface area contributed by atoms with E-state index in [9.17, 15) is 22.4 Å². The Labute approximate surface area is 216 Å². The van der Waals surface area contributed by atoms with Gasteiger partial charge in [0.25, 0.3) is 0 Å². The van der Waals surface area contributed by atoms with Crippen LogP contribution in [-0.4, -0.2) is 49.4 Å². The van der Waals surface area contributed by atoms with Crippen LogP contribution in [0.25, 0.3) is 0 Å². The Morgan fingerprint density at radius 3 is 2.19 bits per heavy atom. The number of ether oxygens (including phenoxy) is 1. The minimum atomic E-state index is -4.13. The zero-order valence-electron chi connectivity index (χ0n) is 20.4. The van der Waals surface area contributed by atoms with Gasteiger partial charge in [0.05, 0.1) is 4.90 Å². The summed E-state index contributed by atoms with van der Waals surface area (Å²) in [6.07, 6.45) is -1.67. The lowest BCUT2D eigenvalue weighted by Crippen LogP contribution is -2.51. The number of aryl methyl sites for hydroxylation is 1. The third-order valence-corrected chi connectivity index (χ3v) is 8.13. The number of carbonyl (C=O) groups excluding carboxylic acids is 2. The summed E-state index contributed by atoms with van der Waals surface area (Å²) in [6, 6.07) is 22.0. The van der Waals surface area contributed by atoms with E-state index >= 15 is 0 Å². The fourth-order valence-corrected chi connectivity index (χ4v) is 5.87. The molecule has 1 N–H and O–H groups in total. The molecule has 1 heterocycles. The molecule has 1 fully saturated rings. The van der Waals surface area contributed by atoms with Gasteiger partial charge in [0.1, 0.15) is 24.9 Å². The maximum atomic E-state index is 14.5.